The van der Waals surface area contributed by atoms with Crippen LogP contribution in [0, 0.1) is 12.7 Å². The van der Waals surface area contributed by atoms with Gasteiger partial charge in [0.1, 0.15) is 26.9 Å². The quantitative estimate of drug-likeness (QED) is 0.770. The van der Waals surface area contributed by atoms with Crippen molar-refractivity contribution in [1.82, 2.24) is 4.98 Å². The third-order valence-corrected chi connectivity index (χ3v) is 4.08. The minimum absolute atomic E-state index is 0.154. The van der Waals surface area contributed by atoms with Crippen LogP contribution in [0.3, 0.4) is 0 Å². The van der Waals surface area contributed by atoms with Crippen LogP contribution in [0.25, 0.3) is 10.9 Å². The molecule has 0 aliphatic heterocycles. The first-order valence-electron chi connectivity index (χ1n) is 6.73. The molecule has 1 aromatic carbocycles. The van der Waals surface area contributed by atoms with Crippen molar-refractivity contribution in [3.8, 4) is 5.75 Å². The summed E-state index contributed by atoms with van der Waals surface area (Å²) in [5, 5.41) is 0.628. The summed E-state index contributed by atoms with van der Waals surface area (Å²) in [4.78, 5) is 4.18. The van der Waals surface area contributed by atoms with Gasteiger partial charge in [0.25, 0.3) is 0 Å². The van der Waals surface area contributed by atoms with Gasteiger partial charge in [-0.2, -0.15) is 0 Å². The van der Waals surface area contributed by atoms with Gasteiger partial charge in [-0.3, -0.25) is 0 Å². The summed E-state index contributed by atoms with van der Waals surface area (Å²) in [6.07, 6.45) is 2.40. The summed E-state index contributed by atoms with van der Waals surface area (Å²) in [5.41, 5.74) is 0.974. The lowest BCUT2D eigenvalue weighted by molar-refractivity contribution is 0.312. The Morgan fingerprint density at radius 1 is 1.29 bits per heavy atom. The molecule has 0 aliphatic rings. The van der Waals surface area contributed by atoms with Crippen molar-refractivity contribution in [1.29, 1.82) is 0 Å². The maximum atomic E-state index is 13.7. The van der Waals surface area contributed by atoms with Gasteiger partial charge in [-0.1, -0.05) is 6.07 Å². The van der Waals surface area contributed by atoms with Crippen LogP contribution in [0.4, 0.5) is 4.39 Å². The highest BCUT2D eigenvalue weighted by atomic mass is 32.2. The number of pyridine rings is 1. The highest BCUT2D eigenvalue weighted by Gasteiger charge is 2.09. The summed E-state index contributed by atoms with van der Waals surface area (Å²) in [6.45, 7) is 2.17. The van der Waals surface area contributed by atoms with E-state index in [0.29, 0.717) is 41.8 Å². The highest BCUT2D eigenvalue weighted by molar-refractivity contribution is 7.90. The van der Waals surface area contributed by atoms with E-state index in [1.54, 1.807) is 25.1 Å². The molecule has 0 atom stereocenters. The number of hydrogen-bond acceptors (Lipinski definition) is 4. The zero-order chi connectivity index (χ0) is 15.5. The van der Waals surface area contributed by atoms with Crippen molar-refractivity contribution in [2.45, 2.75) is 19.8 Å². The molecule has 4 nitrogen and oxygen atoms in total. The van der Waals surface area contributed by atoms with Crippen LogP contribution in [-0.4, -0.2) is 32.0 Å². The molecule has 0 radical (unpaired) electrons. The van der Waals surface area contributed by atoms with Crippen LogP contribution in [-0.2, 0) is 9.84 Å². The lowest BCUT2D eigenvalue weighted by Crippen LogP contribution is -2.06. The molecular weight excluding hydrogens is 293 g/mol. The van der Waals surface area contributed by atoms with Crippen LogP contribution in [0.5, 0.6) is 5.75 Å². The Hall–Kier alpha value is -1.69. The zero-order valence-corrected chi connectivity index (χ0v) is 12.9. The number of para-hydroxylation sites is 1. The largest absolute Gasteiger partial charge is 0.493 e. The fourth-order valence-corrected chi connectivity index (χ4v) is 2.80. The SMILES string of the molecule is Cc1cc(OCCCCS(C)(=O)=O)c2cccc(F)c2n1. The number of ether oxygens (including phenoxy) is 1. The predicted octanol–water partition coefficient (Wildman–Crippen LogP) is 2.89. The molecule has 0 N–H and O–H groups in total. The number of unbranched alkanes of at least 4 members (excludes halogenated alkanes) is 1. The maximum Gasteiger partial charge on any atom is 0.149 e. The Balaban J connectivity index is 2.07. The second-order valence-electron chi connectivity index (χ2n) is 5.08. The minimum atomic E-state index is -2.93. The fourth-order valence-electron chi connectivity index (χ4n) is 2.07. The van der Waals surface area contributed by atoms with Gasteiger partial charge in [0.05, 0.1) is 12.4 Å². The topological polar surface area (TPSA) is 56.3 Å². The average Bonchev–Trinajstić information content (AvgIpc) is 2.38. The number of hydrogen-bond donors (Lipinski definition) is 0. The third-order valence-electron chi connectivity index (χ3n) is 3.05. The van der Waals surface area contributed by atoms with E-state index in [0.717, 1.165) is 0 Å². The molecule has 114 valence electrons. The van der Waals surface area contributed by atoms with Crippen molar-refractivity contribution < 1.29 is 17.5 Å². The highest BCUT2D eigenvalue weighted by Crippen LogP contribution is 2.27. The predicted molar refractivity (Wildman–Crippen MR) is 80.9 cm³/mol. The standard InChI is InChI=1S/C15H18FNO3S/c1-11-10-14(20-8-3-4-9-21(2,18)19)12-6-5-7-13(16)15(12)17-11/h5-7,10H,3-4,8-9H2,1-2H3. The number of aryl methyl sites for hydroxylation is 1. The van der Waals surface area contributed by atoms with E-state index < -0.39 is 9.84 Å². The molecule has 0 spiro atoms. The van der Waals surface area contributed by atoms with E-state index >= 15 is 0 Å². The van der Waals surface area contributed by atoms with E-state index in [4.69, 9.17) is 4.74 Å². The summed E-state index contributed by atoms with van der Waals surface area (Å²) < 4.78 is 41.5. The molecule has 1 heterocycles. The van der Waals surface area contributed by atoms with Gasteiger partial charge >= 0.3 is 0 Å². The Labute approximate surface area is 123 Å². The lowest BCUT2D eigenvalue weighted by Gasteiger charge is -2.10. The van der Waals surface area contributed by atoms with Gasteiger partial charge in [0, 0.05) is 23.4 Å². The second kappa shape index (κ2) is 6.39. The number of halogens is 1. The van der Waals surface area contributed by atoms with E-state index in [9.17, 15) is 12.8 Å². The minimum Gasteiger partial charge on any atom is -0.493 e. The van der Waals surface area contributed by atoms with Crippen molar-refractivity contribution in [3.05, 3.63) is 35.8 Å². The number of rotatable bonds is 6. The van der Waals surface area contributed by atoms with Gasteiger partial charge in [-0.15, -0.1) is 0 Å². The molecule has 21 heavy (non-hydrogen) atoms. The van der Waals surface area contributed by atoms with Gasteiger partial charge in [-0.05, 0) is 31.9 Å². The Morgan fingerprint density at radius 3 is 2.76 bits per heavy atom. The number of nitrogens with zero attached hydrogens (tertiary/aromatic N) is 1. The van der Waals surface area contributed by atoms with E-state index in [1.807, 2.05) is 0 Å². The first-order valence-corrected chi connectivity index (χ1v) is 8.79. The number of benzene rings is 1. The third kappa shape index (κ3) is 4.39. The normalized spacial score (nSPS) is 11.8. The molecule has 0 saturated heterocycles. The Morgan fingerprint density at radius 2 is 2.05 bits per heavy atom. The van der Waals surface area contributed by atoms with Crippen LogP contribution in [0.2, 0.25) is 0 Å². The van der Waals surface area contributed by atoms with Crippen LogP contribution >= 0.6 is 0 Å². The van der Waals surface area contributed by atoms with Crippen LogP contribution < -0.4 is 4.74 Å². The molecule has 0 amide bonds. The van der Waals surface area contributed by atoms with E-state index in [-0.39, 0.29) is 11.6 Å². The van der Waals surface area contributed by atoms with Gasteiger partial charge in [0.15, 0.2) is 0 Å². The van der Waals surface area contributed by atoms with Crippen molar-refractivity contribution in [2.24, 2.45) is 0 Å². The molecule has 0 fully saturated rings. The smallest absolute Gasteiger partial charge is 0.149 e. The van der Waals surface area contributed by atoms with Crippen LogP contribution in [0.15, 0.2) is 24.3 Å². The van der Waals surface area contributed by atoms with Crippen molar-refractivity contribution >= 4 is 20.7 Å². The van der Waals surface area contributed by atoms with Crippen LogP contribution in [0.1, 0.15) is 18.5 Å². The molecule has 0 saturated carbocycles. The first-order chi connectivity index (χ1) is 9.87. The summed E-state index contributed by atoms with van der Waals surface area (Å²) in [7, 11) is -2.93. The molecule has 6 heteroatoms. The summed E-state index contributed by atoms with van der Waals surface area (Å²) in [6, 6.07) is 6.50. The lowest BCUT2D eigenvalue weighted by atomic mass is 10.2. The molecule has 1 aromatic heterocycles. The number of aromatic nitrogens is 1. The summed E-state index contributed by atoms with van der Waals surface area (Å²) >= 11 is 0. The molecule has 0 aliphatic carbocycles. The number of fused-ring (bicyclic) bond motifs is 1. The molecule has 2 aromatic rings. The average molecular weight is 311 g/mol. The second-order valence-corrected chi connectivity index (χ2v) is 7.34. The van der Waals surface area contributed by atoms with Crippen molar-refractivity contribution in [3.63, 3.8) is 0 Å². The van der Waals surface area contributed by atoms with Gasteiger partial charge in [0.2, 0.25) is 0 Å². The maximum absolute atomic E-state index is 13.7. The molecule has 0 bridgehead atoms. The zero-order valence-electron chi connectivity index (χ0n) is 12.1. The fraction of sp³-hybridized carbons (Fsp3) is 0.400. The number of sulfone groups is 1. The van der Waals surface area contributed by atoms with Gasteiger partial charge in [-0.25, -0.2) is 17.8 Å². The molecule has 0 unspecified atom stereocenters. The summed E-state index contributed by atoms with van der Waals surface area (Å²) in [5.74, 6) is 0.357. The van der Waals surface area contributed by atoms with E-state index in [1.165, 1.54) is 12.3 Å². The molecule has 2 rings (SSSR count). The van der Waals surface area contributed by atoms with E-state index in [2.05, 4.69) is 4.98 Å². The molecular formula is C15H18FNO3S. The monoisotopic (exact) mass is 311 g/mol. The van der Waals surface area contributed by atoms with Crippen molar-refractivity contribution in [2.75, 3.05) is 18.6 Å². The van der Waals surface area contributed by atoms with Gasteiger partial charge < -0.3 is 4.74 Å². The Kier molecular flexibility index (Phi) is 4.77. The Bertz CT molecular complexity index is 744. The first kappa shape index (κ1) is 15.7.